The number of aromatic nitrogens is 2. The summed E-state index contributed by atoms with van der Waals surface area (Å²) in [5.74, 6) is -0.0334. The van der Waals surface area contributed by atoms with Crippen LogP contribution in [0.15, 0.2) is 70.8 Å². The summed E-state index contributed by atoms with van der Waals surface area (Å²) in [4.78, 5) is 16.9. The van der Waals surface area contributed by atoms with Crippen LogP contribution in [0.25, 0.3) is 11.3 Å². The van der Waals surface area contributed by atoms with Gasteiger partial charge in [0.05, 0.1) is 17.5 Å². The molecule has 0 fully saturated rings. The van der Waals surface area contributed by atoms with Crippen LogP contribution in [0.1, 0.15) is 10.4 Å². The Kier molecular flexibility index (Phi) is 4.53. The normalized spacial score (nSPS) is 15.1. The average molecular weight is 399 g/mol. The van der Waals surface area contributed by atoms with Crippen LogP contribution in [0.5, 0.6) is 0 Å². The van der Waals surface area contributed by atoms with Gasteiger partial charge in [-0.2, -0.15) is 0 Å². The fourth-order valence-electron chi connectivity index (χ4n) is 3.08. The zero-order chi connectivity index (χ0) is 19.0. The number of imidazole rings is 1. The van der Waals surface area contributed by atoms with E-state index in [1.807, 2.05) is 41.9 Å². The summed E-state index contributed by atoms with van der Waals surface area (Å²) in [7, 11) is -1.83. The minimum absolute atomic E-state index is 0.0864. The summed E-state index contributed by atoms with van der Waals surface area (Å²) in [5.41, 5.74) is 2.29. The van der Waals surface area contributed by atoms with Crippen molar-refractivity contribution in [2.75, 3.05) is 12.3 Å². The maximum absolute atomic E-state index is 12.6. The van der Waals surface area contributed by atoms with Crippen LogP contribution in [0.4, 0.5) is 0 Å². The van der Waals surface area contributed by atoms with Crippen LogP contribution in [-0.2, 0) is 17.1 Å². The summed E-state index contributed by atoms with van der Waals surface area (Å²) < 4.78 is 28.1. The molecular weight excluding hydrogens is 382 g/mol. The average Bonchev–Trinajstić information content (AvgIpc) is 3.13. The fraction of sp³-hybridized carbons (Fsp3) is 0.158. The number of carbonyl (C=O) groups excluding carboxylic acids is 1. The minimum Gasteiger partial charge on any atom is -0.322 e. The van der Waals surface area contributed by atoms with E-state index in [-0.39, 0.29) is 17.0 Å². The Balaban J connectivity index is 1.47. The van der Waals surface area contributed by atoms with Crippen molar-refractivity contribution in [2.45, 2.75) is 10.1 Å². The maximum Gasteiger partial charge on any atom is 0.269 e. The van der Waals surface area contributed by atoms with Crippen molar-refractivity contribution in [1.29, 1.82) is 0 Å². The molecule has 0 saturated heterocycles. The predicted octanol–water partition coefficient (Wildman–Crippen LogP) is 3.02. The monoisotopic (exact) mass is 399 g/mol. The summed E-state index contributed by atoms with van der Waals surface area (Å²) in [6.45, 7) is 0.105. The summed E-state index contributed by atoms with van der Waals surface area (Å²) in [6, 6.07) is 16.2. The van der Waals surface area contributed by atoms with Gasteiger partial charge in [-0.3, -0.25) is 4.79 Å². The second-order valence-corrected chi connectivity index (χ2v) is 8.97. The lowest BCUT2D eigenvalue weighted by atomic mass is 10.2. The fourth-order valence-corrected chi connectivity index (χ4v) is 5.64. The molecule has 3 aromatic rings. The van der Waals surface area contributed by atoms with Crippen molar-refractivity contribution in [2.24, 2.45) is 7.05 Å². The molecule has 8 heteroatoms. The van der Waals surface area contributed by atoms with Crippen molar-refractivity contribution < 1.29 is 13.2 Å². The van der Waals surface area contributed by atoms with Gasteiger partial charge in [0.1, 0.15) is 4.90 Å². The van der Waals surface area contributed by atoms with E-state index in [0.717, 1.165) is 20.7 Å². The highest BCUT2D eigenvalue weighted by Crippen LogP contribution is 2.31. The Hall–Kier alpha value is -2.58. The van der Waals surface area contributed by atoms with E-state index in [1.165, 1.54) is 17.8 Å². The molecule has 138 valence electrons. The summed E-state index contributed by atoms with van der Waals surface area (Å²) >= 11 is 1.42. The number of thioether (sulfide) groups is 1. The van der Waals surface area contributed by atoms with E-state index < -0.39 is 15.9 Å². The van der Waals surface area contributed by atoms with Gasteiger partial charge in [0, 0.05) is 19.3 Å². The number of benzene rings is 2. The van der Waals surface area contributed by atoms with Crippen LogP contribution < -0.4 is 0 Å². The molecule has 27 heavy (non-hydrogen) atoms. The molecule has 2 heterocycles. The first kappa shape index (κ1) is 17.8. The largest absolute Gasteiger partial charge is 0.322 e. The highest BCUT2D eigenvalue weighted by Gasteiger charge is 2.40. The van der Waals surface area contributed by atoms with Gasteiger partial charge in [-0.15, -0.1) is 0 Å². The molecule has 0 unspecified atom stereocenters. The molecule has 0 aliphatic carbocycles. The van der Waals surface area contributed by atoms with Crippen LogP contribution in [0.3, 0.4) is 0 Å². The number of sulfonamides is 1. The second-order valence-electron chi connectivity index (χ2n) is 6.08. The van der Waals surface area contributed by atoms with Crippen molar-refractivity contribution in [3.8, 4) is 11.3 Å². The SMILES string of the molecule is Cn1c(-c2ccccc2)cnc1SCCN1C(=O)c2ccccc2S1(=O)=O. The molecular formula is C19H17N3O3S2. The molecule has 1 aromatic heterocycles. The van der Waals surface area contributed by atoms with Gasteiger partial charge >= 0.3 is 0 Å². The molecule has 1 amide bonds. The van der Waals surface area contributed by atoms with Gasteiger partial charge in [0.25, 0.3) is 15.9 Å². The zero-order valence-corrected chi connectivity index (χ0v) is 16.2. The summed E-state index contributed by atoms with van der Waals surface area (Å²) in [6.07, 6.45) is 1.80. The van der Waals surface area contributed by atoms with E-state index >= 15 is 0 Å². The Bertz CT molecular complexity index is 1110. The Morgan fingerprint density at radius 1 is 1.04 bits per heavy atom. The van der Waals surface area contributed by atoms with Gasteiger partial charge in [-0.1, -0.05) is 54.2 Å². The van der Waals surface area contributed by atoms with Gasteiger partial charge in [0.15, 0.2) is 5.16 Å². The molecule has 0 saturated carbocycles. The number of hydrogen-bond acceptors (Lipinski definition) is 5. The third-order valence-corrected chi connectivity index (χ3v) is 7.32. The first-order chi connectivity index (χ1) is 13.0. The quantitative estimate of drug-likeness (QED) is 0.617. The first-order valence-electron chi connectivity index (χ1n) is 8.36. The molecule has 0 atom stereocenters. The zero-order valence-electron chi connectivity index (χ0n) is 14.6. The Morgan fingerprint density at radius 2 is 1.74 bits per heavy atom. The number of amides is 1. The van der Waals surface area contributed by atoms with E-state index in [9.17, 15) is 13.2 Å². The third kappa shape index (κ3) is 3.04. The van der Waals surface area contributed by atoms with Crippen molar-refractivity contribution in [1.82, 2.24) is 13.9 Å². The number of rotatable bonds is 5. The van der Waals surface area contributed by atoms with Crippen LogP contribution in [0, 0.1) is 0 Å². The van der Waals surface area contributed by atoms with E-state index in [4.69, 9.17) is 0 Å². The second kappa shape index (κ2) is 6.86. The van der Waals surface area contributed by atoms with Gasteiger partial charge in [-0.05, 0) is 17.7 Å². The lowest BCUT2D eigenvalue weighted by molar-refractivity contribution is 0.0876. The molecule has 6 nitrogen and oxygen atoms in total. The van der Waals surface area contributed by atoms with E-state index in [2.05, 4.69) is 4.98 Å². The molecule has 0 bridgehead atoms. The topological polar surface area (TPSA) is 72.3 Å². The molecule has 0 radical (unpaired) electrons. The van der Waals surface area contributed by atoms with Gasteiger partial charge < -0.3 is 4.57 Å². The van der Waals surface area contributed by atoms with Gasteiger partial charge in [0.2, 0.25) is 0 Å². The molecule has 0 spiro atoms. The molecule has 0 N–H and O–H groups in total. The lowest BCUT2D eigenvalue weighted by Gasteiger charge is -2.14. The molecule has 1 aliphatic rings. The Labute approximate surface area is 161 Å². The molecule has 1 aliphatic heterocycles. The standard InChI is InChI=1S/C19H17N3O3S2/c1-21-16(14-7-3-2-4-8-14)13-20-19(21)26-12-11-22-18(23)15-9-5-6-10-17(15)27(22,24)25/h2-10,13H,11-12H2,1H3. The summed E-state index contributed by atoms with van der Waals surface area (Å²) in [5, 5.41) is 0.774. The number of carbonyl (C=O) groups is 1. The minimum atomic E-state index is -3.75. The van der Waals surface area contributed by atoms with Crippen molar-refractivity contribution >= 4 is 27.7 Å². The van der Waals surface area contributed by atoms with E-state index in [0.29, 0.717) is 5.75 Å². The molecule has 4 rings (SSSR count). The van der Waals surface area contributed by atoms with Crippen LogP contribution >= 0.6 is 11.8 Å². The van der Waals surface area contributed by atoms with Crippen molar-refractivity contribution in [3.63, 3.8) is 0 Å². The maximum atomic E-state index is 12.6. The number of hydrogen-bond donors (Lipinski definition) is 0. The third-order valence-electron chi connectivity index (χ3n) is 4.45. The smallest absolute Gasteiger partial charge is 0.269 e. The van der Waals surface area contributed by atoms with Crippen LogP contribution in [-0.4, -0.2) is 40.5 Å². The number of nitrogens with zero attached hydrogens (tertiary/aromatic N) is 3. The Morgan fingerprint density at radius 3 is 2.48 bits per heavy atom. The van der Waals surface area contributed by atoms with E-state index in [1.54, 1.807) is 24.4 Å². The van der Waals surface area contributed by atoms with Crippen molar-refractivity contribution in [3.05, 3.63) is 66.4 Å². The first-order valence-corrected chi connectivity index (χ1v) is 10.8. The number of fused-ring (bicyclic) bond motifs is 1. The molecule has 2 aromatic carbocycles. The van der Waals surface area contributed by atoms with Gasteiger partial charge in [-0.25, -0.2) is 17.7 Å². The highest BCUT2D eigenvalue weighted by atomic mass is 32.2. The highest BCUT2D eigenvalue weighted by molar-refractivity contribution is 7.99. The van der Waals surface area contributed by atoms with Crippen LogP contribution in [0.2, 0.25) is 0 Å². The lowest BCUT2D eigenvalue weighted by Crippen LogP contribution is -2.32. The predicted molar refractivity (Wildman–Crippen MR) is 104 cm³/mol.